The summed E-state index contributed by atoms with van der Waals surface area (Å²) in [6.07, 6.45) is 2.16. The molecule has 0 saturated carbocycles. The van der Waals surface area contributed by atoms with Crippen molar-refractivity contribution in [2.45, 2.75) is 26.2 Å². The van der Waals surface area contributed by atoms with Crippen LogP contribution in [0.1, 0.15) is 35.7 Å². The van der Waals surface area contributed by atoms with E-state index in [-0.39, 0.29) is 11.8 Å². The average Bonchev–Trinajstić information content (AvgIpc) is 2.49. The highest BCUT2D eigenvalue weighted by atomic mass is 16.4. The first-order chi connectivity index (χ1) is 9.97. The molecule has 0 spiro atoms. The van der Waals surface area contributed by atoms with Gasteiger partial charge in [0.1, 0.15) is 0 Å². The number of carboxylic acids is 1. The van der Waals surface area contributed by atoms with Crippen molar-refractivity contribution in [3.63, 3.8) is 0 Å². The Morgan fingerprint density at radius 3 is 2.62 bits per heavy atom. The second-order valence-corrected chi connectivity index (χ2v) is 5.30. The molecule has 0 fully saturated rings. The molecule has 0 aliphatic heterocycles. The lowest BCUT2D eigenvalue weighted by Gasteiger charge is -2.21. The smallest absolute Gasteiger partial charge is 0.335 e. The zero-order valence-electron chi connectivity index (χ0n) is 12.7. The Morgan fingerprint density at radius 1 is 1.33 bits per heavy atom. The lowest BCUT2D eigenvalue weighted by atomic mass is 10.0. The summed E-state index contributed by atoms with van der Waals surface area (Å²) in [5, 5.41) is 9.13. The van der Waals surface area contributed by atoms with Gasteiger partial charge in [-0.2, -0.15) is 0 Å². The molecule has 5 nitrogen and oxygen atoms in total. The van der Waals surface area contributed by atoms with E-state index in [9.17, 15) is 9.59 Å². The van der Waals surface area contributed by atoms with E-state index in [1.54, 1.807) is 30.1 Å². The fraction of sp³-hybridized carbons (Fsp3) is 0.500. The van der Waals surface area contributed by atoms with Gasteiger partial charge in [-0.25, -0.2) is 4.79 Å². The van der Waals surface area contributed by atoms with Crippen molar-refractivity contribution in [3.8, 4) is 0 Å². The van der Waals surface area contributed by atoms with E-state index in [0.29, 0.717) is 25.1 Å². The van der Waals surface area contributed by atoms with Crippen molar-refractivity contribution < 1.29 is 14.7 Å². The Labute approximate surface area is 125 Å². The summed E-state index contributed by atoms with van der Waals surface area (Å²) in [7, 11) is 1.75. The van der Waals surface area contributed by atoms with Crippen molar-refractivity contribution in [1.82, 2.24) is 4.90 Å². The van der Waals surface area contributed by atoms with Gasteiger partial charge in [-0.3, -0.25) is 4.79 Å². The molecule has 5 heteroatoms. The van der Waals surface area contributed by atoms with E-state index in [1.165, 1.54) is 0 Å². The van der Waals surface area contributed by atoms with E-state index < -0.39 is 5.97 Å². The lowest BCUT2D eigenvalue weighted by molar-refractivity contribution is -0.133. The fourth-order valence-corrected chi connectivity index (χ4v) is 2.27. The number of nitrogens with two attached hydrogens (primary N) is 1. The molecule has 0 saturated heterocycles. The summed E-state index contributed by atoms with van der Waals surface area (Å²) in [4.78, 5) is 25.0. The molecule has 0 bridgehead atoms. The number of likely N-dealkylation sites (N-methyl/N-ethyl adjacent to an activating group) is 1. The van der Waals surface area contributed by atoms with Crippen LogP contribution in [0.5, 0.6) is 0 Å². The summed E-state index contributed by atoms with van der Waals surface area (Å²) in [5.41, 5.74) is 6.50. The third-order valence-corrected chi connectivity index (χ3v) is 3.60. The zero-order valence-corrected chi connectivity index (χ0v) is 12.7. The van der Waals surface area contributed by atoms with Crippen LogP contribution >= 0.6 is 0 Å². The van der Waals surface area contributed by atoms with Crippen molar-refractivity contribution >= 4 is 11.9 Å². The number of carboxylic acid groups (broad SMARTS) is 1. The second-order valence-electron chi connectivity index (χ2n) is 5.30. The molecule has 116 valence electrons. The minimum Gasteiger partial charge on any atom is -0.478 e. The molecule has 0 heterocycles. The predicted octanol–water partition coefficient (Wildman–Crippen LogP) is 1.76. The summed E-state index contributed by atoms with van der Waals surface area (Å²) in [6, 6.07) is 6.90. The molecule has 21 heavy (non-hydrogen) atoms. The Bertz CT molecular complexity index is 488. The van der Waals surface area contributed by atoms with Crippen molar-refractivity contribution in [2.24, 2.45) is 11.7 Å². The van der Waals surface area contributed by atoms with E-state index in [2.05, 4.69) is 0 Å². The standard InChI is InChI=1S/C16H24N2O3/c1-12(6-5-10-17)15(19)18(2)11-9-13-7-3-4-8-14(13)16(20)21/h3-4,7-8,12H,5-6,9-11,17H2,1-2H3,(H,20,21). The van der Waals surface area contributed by atoms with Crippen LogP contribution in [0.2, 0.25) is 0 Å². The lowest BCUT2D eigenvalue weighted by Crippen LogP contribution is -2.33. The van der Waals surface area contributed by atoms with Crippen LogP contribution in [0.25, 0.3) is 0 Å². The summed E-state index contributed by atoms with van der Waals surface area (Å²) >= 11 is 0. The quantitative estimate of drug-likeness (QED) is 0.764. The molecule has 1 aromatic rings. The number of hydrogen-bond acceptors (Lipinski definition) is 3. The van der Waals surface area contributed by atoms with Crippen LogP contribution in [0, 0.1) is 5.92 Å². The number of carbonyl (C=O) groups is 2. The molecule has 0 radical (unpaired) electrons. The van der Waals surface area contributed by atoms with Gasteiger partial charge < -0.3 is 15.7 Å². The molecule has 1 unspecified atom stereocenters. The first kappa shape index (κ1) is 17.2. The van der Waals surface area contributed by atoms with Gasteiger partial charge in [0.05, 0.1) is 5.56 Å². The first-order valence-corrected chi connectivity index (χ1v) is 7.23. The Balaban J connectivity index is 2.58. The van der Waals surface area contributed by atoms with Gasteiger partial charge in [-0.15, -0.1) is 0 Å². The van der Waals surface area contributed by atoms with Gasteiger partial charge in [-0.1, -0.05) is 25.1 Å². The van der Waals surface area contributed by atoms with E-state index >= 15 is 0 Å². The van der Waals surface area contributed by atoms with E-state index in [0.717, 1.165) is 18.4 Å². The van der Waals surface area contributed by atoms with Gasteiger partial charge in [-0.05, 0) is 37.4 Å². The number of rotatable bonds is 8. The number of nitrogens with zero attached hydrogens (tertiary/aromatic N) is 1. The highest BCUT2D eigenvalue weighted by molar-refractivity contribution is 5.89. The molecule has 1 amide bonds. The fourth-order valence-electron chi connectivity index (χ4n) is 2.27. The minimum absolute atomic E-state index is 0.0479. The number of benzene rings is 1. The first-order valence-electron chi connectivity index (χ1n) is 7.23. The Kier molecular flexibility index (Phi) is 6.88. The van der Waals surface area contributed by atoms with Crippen LogP contribution in [-0.4, -0.2) is 42.0 Å². The van der Waals surface area contributed by atoms with Crippen molar-refractivity contribution in [2.75, 3.05) is 20.1 Å². The monoisotopic (exact) mass is 292 g/mol. The maximum absolute atomic E-state index is 12.2. The van der Waals surface area contributed by atoms with Gasteiger partial charge in [0.2, 0.25) is 5.91 Å². The number of aromatic carboxylic acids is 1. The zero-order chi connectivity index (χ0) is 15.8. The van der Waals surface area contributed by atoms with Crippen LogP contribution < -0.4 is 5.73 Å². The largest absolute Gasteiger partial charge is 0.478 e. The molecule has 0 aliphatic carbocycles. The molecule has 1 aromatic carbocycles. The number of hydrogen-bond donors (Lipinski definition) is 2. The minimum atomic E-state index is -0.934. The summed E-state index contributed by atoms with van der Waals surface area (Å²) < 4.78 is 0. The van der Waals surface area contributed by atoms with Crippen molar-refractivity contribution in [3.05, 3.63) is 35.4 Å². The van der Waals surface area contributed by atoms with Crippen molar-refractivity contribution in [1.29, 1.82) is 0 Å². The summed E-state index contributed by atoms with van der Waals surface area (Å²) in [6.45, 7) is 3.00. The summed E-state index contributed by atoms with van der Waals surface area (Å²) in [5.74, 6) is -0.902. The highest BCUT2D eigenvalue weighted by Gasteiger charge is 2.17. The highest BCUT2D eigenvalue weighted by Crippen LogP contribution is 2.12. The second kappa shape index (κ2) is 8.42. The number of amides is 1. The number of carbonyl (C=O) groups excluding carboxylic acids is 1. The maximum atomic E-state index is 12.2. The topological polar surface area (TPSA) is 83.6 Å². The normalized spacial score (nSPS) is 12.0. The molecule has 3 N–H and O–H groups in total. The Hall–Kier alpha value is -1.88. The molecule has 0 aromatic heterocycles. The van der Waals surface area contributed by atoms with Gasteiger partial charge >= 0.3 is 5.97 Å². The van der Waals surface area contributed by atoms with Crippen LogP contribution in [0.4, 0.5) is 0 Å². The molecule has 1 rings (SSSR count). The third kappa shape index (κ3) is 5.19. The van der Waals surface area contributed by atoms with Crippen LogP contribution in [-0.2, 0) is 11.2 Å². The molecule has 0 aliphatic rings. The maximum Gasteiger partial charge on any atom is 0.335 e. The SMILES string of the molecule is CC(CCCN)C(=O)N(C)CCc1ccccc1C(=O)O. The Morgan fingerprint density at radius 2 is 2.00 bits per heavy atom. The molecular weight excluding hydrogens is 268 g/mol. The van der Waals surface area contributed by atoms with Crippen LogP contribution in [0.15, 0.2) is 24.3 Å². The predicted molar refractivity (Wildman–Crippen MR) is 82.2 cm³/mol. The van der Waals surface area contributed by atoms with Gasteiger partial charge in [0.15, 0.2) is 0 Å². The molecule has 1 atom stereocenters. The average molecular weight is 292 g/mol. The van der Waals surface area contributed by atoms with Gasteiger partial charge in [0.25, 0.3) is 0 Å². The van der Waals surface area contributed by atoms with E-state index in [4.69, 9.17) is 10.8 Å². The van der Waals surface area contributed by atoms with Gasteiger partial charge in [0, 0.05) is 19.5 Å². The van der Waals surface area contributed by atoms with E-state index in [1.807, 2.05) is 13.0 Å². The molecular formula is C16H24N2O3. The van der Waals surface area contributed by atoms with Crippen LogP contribution in [0.3, 0.4) is 0 Å². The third-order valence-electron chi connectivity index (χ3n) is 3.60.